The van der Waals surface area contributed by atoms with Gasteiger partial charge < -0.3 is 9.64 Å². The highest BCUT2D eigenvalue weighted by Gasteiger charge is 2.19. The van der Waals surface area contributed by atoms with E-state index < -0.39 is 0 Å². The predicted molar refractivity (Wildman–Crippen MR) is 96.1 cm³/mol. The number of fused-ring (bicyclic) bond motifs is 1. The van der Waals surface area contributed by atoms with Crippen molar-refractivity contribution in [2.45, 2.75) is 32.6 Å². The molecule has 1 aliphatic rings. The van der Waals surface area contributed by atoms with E-state index in [0.29, 0.717) is 12.3 Å². The lowest BCUT2D eigenvalue weighted by Crippen LogP contribution is -2.19. The van der Waals surface area contributed by atoms with E-state index in [1.54, 1.807) is 0 Å². The highest BCUT2D eigenvalue weighted by molar-refractivity contribution is 9.10. The molecule has 23 heavy (non-hydrogen) atoms. The van der Waals surface area contributed by atoms with Crippen molar-refractivity contribution in [3.63, 3.8) is 0 Å². The first kappa shape index (κ1) is 16.2. The maximum absolute atomic E-state index is 12.3. The van der Waals surface area contributed by atoms with Crippen LogP contribution in [0.15, 0.2) is 28.7 Å². The number of pyridine rings is 1. The Balaban J connectivity index is 1.99. The Bertz CT molecular complexity index is 711. The van der Waals surface area contributed by atoms with Crippen molar-refractivity contribution in [1.82, 2.24) is 4.98 Å². The molecule has 0 radical (unpaired) electrons. The molecule has 5 heteroatoms. The number of carbonyl (C=O) groups is 1. The molecule has 0 atom stereocenters. The normalized spacial score (nSPS) is 14.4. The van der Waals surface area contributed by atoms with E-state index in [0.717, 1.165) is 47.0 Å². The zero-order chi connectivity index (χ0) is 16.2. The van der Waals surface area contributed by atoms with Crippen LogP contribution in [0.25, 0.3) is 10.9 Å². The number of carbonyl (C=O) groups excluding carboxylic acids is 1. The second-order valence-corrected chi connectivity index (χ2v) is 6.79. The summed E-state index contributed by atoms with van der Waals surface area (Å²) in [6.07, 6.45) is 4.26. The summed E-state index contributed by atoms with van der Waals surface area (Å²) in [5, 5.41) is 1.08. The number of anilines is 1. The minimum absolute atomic E-state index is 0.330. The van der Waals surface area contributed by atoms with Crippen LogP contribution in [-0.4, -0.2) is 30.6 Å². The minimum Gasteiger partial charge on any atom is -0.461 e. The lowest BCUT2D eigenvalue weighted by molar-refractivity contribution is 0.0493. The van der Waals surface area contributed by atoms with Gasteiger partial charge in [0.1, 0.15) is 0 Å². The van der Waals surface area contributed by atoms with Crippen LogP contribution in [0, 0.1) is 0 Å². The monoisotopic (exact) mass is 376 g/mol. The number of ether oxygens (including phenoxy) is 1. The standard InChI is InChI=1S/C18H21BrN2O2/c1-2-3-10-23-18(22)16-12-17(21-8-4-5-9-21)14-11-13(19)6-7-15(14)20-16/h6-7,11-12H,2-5,8-10H2,1H3. The van der Waals surface area contributed by atoms with Crippen molar-refractivity contribution in [1.29, 1.82) is 0 Å². The van der Waals surface area contributed by atoms with Crippen LogP contribution in [-0.2, 0) is 4.74 Å². The summed E-state index contributed by atoms with van der Waals surface area (Å²) in [5.41, 5.74) is 2.31. The molecule has 2 aromatic rings. The minimum atomic E-state index is -0.330. The van der Waals surface area contributed by atoms with Gasteiger partial charge >= 0.3 is 5.97 Å². The Hall–Kier alpha value is -1.62. The van der Waals surface area contributed by atoms with Crippen molar-refractivity contribution in [2.24, 2.45) is 0 Å². The second-order valence-electron chi connectivity index (χ2n) is 5.87. The SMILES string of the molecule is CCCCOC(=O)c1cc(N2CCCC2)c2cc(Br)ccc2n1. The van der Waals surface area contributed by atoms with E-state index in [4.69, 9.17) is 4.74 Å². The van der Waals surface area contributed by atoms with E-state index in [-0.39, 0.29) is 5.97 Å². The Labute approximate surface area is 145 Å². The summed E-state index contributed by atoms with van der Waals surface area (Å²) in [6.45, 7) is 4.58. The third-order valence-corrected chi connectivity index (χ3v) is 4.63. The number of nitrogens with zero attached hydrogens (tertiary/aromatic N) is 2. The molecule has 1 aliphatic heterocycles. The van der Waals surface area contributed by atoms with Gasteiger partial charge in [-0.3, -0.25) is 0 Å². The van der Waals surface area contributed by atoms with Crippen LogP contribution in [0.2, 0.25) is 0 Å². The lowest BCUT2D eigenvalue weighted by atomic mass is 10.1. The van der Waals surface area contributed by atoms with E-state index in [2.05, 4.69) is 38.8 Å². The van der Waals surface area contributed by atoms with Gasteiger partial charge in [-0.15, -0.1) is 0 Å². The molecule has 1 fully saturated rings. The molecular formula is C18H21BrN2O2. The molecule has 2 heterocycles. The lowest BCUT2D eigenvalue weighted by Gasteiger charge is -2.20. The second kappa shape index (κ2) is 7.30. The van der Waals surface area contributed by atoms with Gasteiger partial charge in [-0.25, -0.2) is 9.78 Å². The first-order chi connectivity index (χ1) is 11.2. The zero-order valence-electron chi connectivity index (χ0n) is 13.3. The fourth-order valence-corrected chi connectivity index (χ4v) is 3.25. The average molecular weight is 377 g/mol. The Morgan fingerprint density at radius 3 is 2.83 bits per heavy atom. The largest absolute Gasteiger partial charge is 0.461 e. The molecule has 1 aromatic carbocycles. The Kier molecular flexibility index (Phi) is 5.16. The molecule has 0 N–H and O–H groups in total. The summed E-state index contributed by atoms with van der Waals surface area (Å²) < 4.78 is 6.35. The number of rotatable bonds is 5. The quantitative estimate of drug-likeness (QED) is 0.566. The van der Waals surface area contributed by atoms with Gasteiger partial charge in [0.15, 0.2) is 5.69 Å². The van der Waals surface area contributed by atoms with Gasteiger partial charge in [-0.05, 0) is 43.5 Å². The van der Waals surface area contributed by atoms with Gasteiger partial charge in [0.2, 0.25) is 0 Å². The van der Waals surface area contributed by atoms with Gasteiger partial charge in [0.25, 0.3) is 0 Å². The van der Waals surface area contributed by atoms with Crippen molar-refractivity contribution >= 4 is 38.5 Å². The summed E-state index contributed by atoms with van der Waals surface area (Å²) in [7, 11) is 0. The fraction of sp³-hybridized carbons (Fsp3) is 0.444. The molecule has 0 saturated carbocycles. The molecular weight excluding hydrogens is 356 g/mol. The number of benzene rings is 1. The number of hydrogen-bond donors (Lipinski definition) is 0. The van der Waals surface area contributed by atoms with E-state index in [1.807, 2.05) is 18.2 Å². The summed E-state index contributed by atoms with van der Waals surface area (Å²) in [6, 6.07) is 7.85. The predicted octanol–water partition coefficient (Wildman–Crippen LogP) is 4.55. The third-order valence-electron chi connectivity index (χ3n) is 4.14. The van der Waals surface area contributed by atoms with Gasteiger partial charge in [-0.2, -0.15) is 0 Å². The third kappa shape index (κ3) is 3.66. The Morgan fingerprint density at radius 1 is 1.30 bits per heavy atom. The molecule has 1 aromatic heterocycles. The van der Waals surface area contributed by atoms with Crippen molar-refractivity contribution in [3.05, 3.63) is 34.4 Å². The van der Waals surface area contributed by atoms with E-state index in [1.165, 1.54) is 12.8 Å². The molecule has 0 amide bonds. The summed E-state index contributed by atoms with van der Waals surface area (Å²) in [4.78, 5) is 19.1. The molecule has 0 spiro atoms. The maximum atomic E-state index is 12.3. The van der Waals surface area contributed by atoms with Gasteiger partial charge in [-0.1, -0.05) is 29.3 Å². The van der Waals surface area contributed by atoms with Gasteiger partial charge in [0, 0.05) is 28.6 Å². The van der Waals surface area contributed by atoms with Crippen molar-refractivity contribution in [2.75, 3.05) is 24.6 Å². The van der Waals surface area contributed by atoms with E-state index >= 15 is 0 Å². The number of unbranched alkanes of at least 4 members (excludes halogenated alkanes) is 1. The summed E-state index contributed by atoms with van der Waals surface area (Å²) in [5.74, 6) is -0.330. The first-order valence-corrected chi connectivity index (χ1v) is 9.00. The zero-order valence-corrected chi connectivity index (χ0v) is 14.9. The highest BCUT2D eigenvalue weighted by atomic mass is 79.9. The molecule has 1 saturated heterocycles. The number of aromatic nitrogens is 1. The number of hydrogen-bond acceptors (Lipinski definition) is 4. The van der Waals surface area contributed by atoms with Gasteiger partial charge in [0.05, 0.1) is 12.1 Å². The maximum Gasteiger partial charge on any atom is 0.357 e. The highest BCUT2D eigenvalue weighted by Crippen LogP contribution is 2.31. The van der Waals surface area contributed by atoms with Crippen molar-refractivity contribution in [3.8, 4) is 0 Å². The molecule has 3 rings (SSSR count). The van der Waals surface area contributed by atoms with Crippen LogP contribution < -0.4 is 4.90 Å². The molecule has 0 unspecified atom stereocenters. The molecule has 122 valence electrons. The van der Waals surface area contributed by atoms with E-state index in [9.17, 15) is 4.79 Å². The Morgan fingerprint density at radius 2 is 2.09 bits per heavy atom. The smallest absolute Gasteiger partial charge is 0.357 e. The average Bonchev–Trinajstić information content (AvgIpc) is 3.08. The fourth-order valence-electron chi connectivity index (χ4n) is 2.89. The van der Waals surface area contributed by atoms with Crippen molar-refractivity contribution < 1.29 is 9.53 Å². The molecule has 0 bridgehead atoms. The van der Waals surface area contributed by atoms with Crippen LogP contribution >= 0.6 is 15.9 Å². The summed E-state index contributed by atoms with van der Waals surface area (Å²) >= 11 is 3.53. The van der Waals surface area contributed by atoms with Crippen LogP contribution in [0.3, 0.4) is 0 Å². The molecule has 0 aliphatic carbocycles. The van der Waals surface area contributed by atoms with Crippen LogP contribution in [0.1, 0.15) is 43.1 Å². The first-order valence-electron chi connectivity index (χ1n) is 8.21. The number of esters is 1. The van der Waals surface area contributed by atoms with Crippen LogP contribution in [0.4, 0.5) is 5.69 Å². The van der Waals surface area contributed by atoms with Crippen LogP contribution in [0.5, 0.6) is 0 Å². The number of halogens is 1. The molecule has 4 nitrogen and oxygen atoms in total. The topological polar surface area (TPSA) is 42.4 Å².